The zero-order chi connectivity index (χ0) is 21.9. The third-order valence-electron chi connectivity index (χ3n) is 3.95. The molecule has 3 aromatic rings. The molecule has 0 spiro atoms. The molecule has 0 bridgehead atoms. The van der Waals surface area contributed by atoms with Gasteiger partial charge in [-0.15, -0.1) is 0 Å². The van der Waals surface area contributed by atoms with E-state index in [0.29, 0.717) is 18.1 Å². The molecule has 0 fully saturated rings. The summed E-state index contributed by atoms with van der Waals surface area (Å²) in [5.41, 5.74) is 5.45. The van der Waals surface area contributed by atoms with Crippen LogP contribution in [0.5, 0.6) is 17.2 Å². The SMILES string of the molecule is O=C(COc1ccc(OCc2ccccc2)cc1)NNC(=O)COc1cccc(F)c1. The lowest BCUT2D eigenvalue weighted by Crippen LogP contribution is -2.45. The van der Waals surface area contributed by atoms with Gasteiger partial charge in [0.25, 0.3) is 11.8 Å². The second-order valence-corrected chi connectivity index (χ2v) is 6.38. The topological polar surface area (TPSA) is 85.9 Å². The molecule has 2 amide bonds. The van der Waals surface area contributed by atoms with Crippen molar-refractivity contribution in [1.29, 1.82) is 0 Å². The number of nitrogens with one attached hydrogen (secondary N) is 2. The van der Waals surface area contributed by atoms with Crippen molar-refractivity contribution in [2.45, 2.75) is 6.61 Å². The maximum absolute atomic E-state index is 13.0. The van der Waals surface area contributed by atoms with Crippen LogP contribution in [0.2, 0.25) is 0 Å². The van der Waals surface area contributed by atoms with Crippen LogP contribution in [0.4, 0.5) is 4.39 Å². The van der Waals surface area contributed by atoms with Crippen molar-refractivity contribution < 1.29 is 28.2 Å². The van der Waals surface area contributed by atoms with E-state index in [-0.39, 0.29) is 19.0 Å². The molecule has 7 nitrogen and oxygen atoms in total. The van der Waals surface area contributed by atoms with Gasteiger partial charge in [0.2, 0.25) is 0 Å². The van der Waals surface area contributed by atoms with Crippen molar-refractivity contribution in [3.05, 3.63) is 90.2 Å². The maximum Gasteiger partial charge on any atom is 0.276 e. The molecule has 0 heterocycles. The van der Waals surface area contributed by atoms with Crippen LogP contribution < -0.4 is 25.1 Å². The highest BCUT2D eigenvalue weighted by molar-refractivity contribution is 5.83. The van der Waals surface area contributed by atoms with E-state index in [2.05, 4.69) is 10.9 Å². The van der Waals surface area contributed by atoms with E-state index in [1.54, 1.807) is 24.3 Å². The van der Waals surface area contributed by atoms with Crippen molar-refractivity contribution in [3.8, 4) is 17.2 Å². The van der Waals surface area contributed by atoms with Crippen LogP contribution in [-0.2, 0) is 16.2 Å². The van der Waals surface area contributed by atoms with Crippen molar-refractivity contribution >= 4 is 11.8 Å². The van der Waals surface area contributed by atoms with Crippen LogP contribution in [0.25, 0.3) is 0 Å². The minimum absolute atomic E-state index is 0.209. The predicted octanol–water partition coefficient (Wildman–Crippen LogP) is 3.01. The standard InChI is InChI=1S/C23H21FN2O5/c24-18-7-4-8-21(13-18)31-16-23(28)26-25-22(27)15-30-20-11-9-19(10-12-20)29-14-17-5-2-1-3-6-17/h1-13H,14-16H2,(H,25,27)(H,26,28). The van der Waals surface area contributed by atoms with Crippen LogP contribution in [0.1, 0.15) is 5.56 Å². The zero-order valence-corrected chi connectivity index (χ0v) is 16.5. The number of hydrogen-bond acceptors (Lipinski definition) is 5. The minimum Gasteiger partial charge on any atom is -0.489 e. The van der Waals surface area contributed by atoms with Crippen molar-refractivity contribution in [1.82, 2.24) is 10.9 Å². The van der Waals surface area contributed by atoms with Gasteiger partial charge < -0.3 is 14.2 Å². The van der Waals surface area contributed by atoms with E-state index in [9.17, 15) is 14.0 Å². The number of carbonyl (C=O) groups excluding carboxylic acids is 2. The summed E-state index contributed by atoms with van der Waals surface area (Å²) in [7, 11) is 0. The lowest BCUT2D eigenvalue weighted by atomic mass is 10.2. The van der Waals surface area contributed by atoms with Gasteiger partial charge in [0, 0.05) is 6.07 Å². The number of hydrazine groups is 1. The molecule has 0 aliphatic heterocycles. The lowest BCUT2D eigenvalue weighted by molar-refractivity contribution is -0.131. The van der Waals surface area contributed by atoms with Gasteiger partial charge in [-0.1, -0.05) is 36.4 Å². The summed E-state index contributed by atoms with van der Waals surface area (Å²) in [6.45, 7) is -0.226. The largest absolute Gasteiger partial charge is 0.489 e. The number of carbonyl (C=O) groups is 2. The molecule has 0 aromatic heterocycles. The Kier molecular flexibility index (Phi) is 7.82. The molecule has 0 aliphatic rings. The molecule has 0 saturated heterocycles. The second-order valence-electron chi connectivity index (χ2n) is 6.38. The third kappa shape index (κ3) is 7.69. The van der Waals surface area contributed by atoms with Crippen molar-refractivity contribution in [2.24, 2.45) is 0 Å². The molecule has 3 rings (SSSR count). The van der Waals surface area contributed by atoms with Crippen LogP contribution in [0.3, 0.4) is 0 Å². The highest BCUT2D eigenvalue weighted by Crippen LogP contribution is 2.18. The molecule has 2 N–H and O–H groups in total. The normalized spacial score (nSPS) is 10.1. The quantitative estimate of drug-likeness (QED) is 0.516. The summed E-state index contributed by atoms with van der Waals surface area (Å²) in [5, 5.41) is 0. The summed E-state index contributed by atoms with van der Waals surface area (Å²) in [4.78, 5) is 23.5. The van der Waals surface area contributed by atoms with Gasteiger partial charge in [-0.05, 0) is 42.0 Å². The Bertz CT molecular complexity index is 996. The smallest absolute Gasteiger partial charge is 0.276 e. The first-order valence-corrected chi connectivity index (χ1v) is 9.44. The zero-order valence-electron chi connectivity index (χ0n) is 16.5. The van der Waals surface area contributed by atoms with E-state index < -0.39 is 17.6 Å². The fourth-order valence-corrected chi connectivity index (χ4v) is 2.44. The molecule has 0 saturated carbocycles. The summed E-state index contributed by atoms with van der Waals surface area (Å²) in [5.74, 6) is -0.268. The van der Waals surface area contributed by atoms with Gasteiger partial charge >= 0.3 is 0 Å². The van der Waals surface area contributed by atoms with Gasteiger partial charge in [0.1, 0.15) is 29.7 Å². The Labute approximate surface area is 178 Å². The first-order chi connectivity index (χ1) is 15.1. The van der Waals surface area contributed by atoms with E-state index in [1.807, 2.05) is 30.3 Å². The molecule has 160 valence electrons. The predicted molar refractivity (Wildman–Crippen MR) is 111 cm³/mol. The van der Waals surface area contributed by atoms with Gasteiger partial charge in [0.05, 0.1) is 0 Å². The molecule has 3 aromatic carbocycles. The molecule has 0 unspecified atom stereocenters. The van der Waals surface area contributed by atoms with Gasteiger partial charge in [-0.3, -0.25) is 20.4 Å². The molecule has 8 heteroatoms. The number of rotatable bonds is 9. The average molecular weight is 424 g/mol. The highest BCUT2D eigenvalue weighted by Gasteiger charge is 2.07. The molecule has 31 heavy (non-hydrogen) atoms. The van der Waals surface area contributed by atoms with Crippen molar-refractivity contribution in [2.75, 3.05) is 13.2 Å². The van der Waals surface area contributed by atoms with Crippen LogP contribution in [0, 0.1) is 5.82 Å². The van der Waals surface area contributed by atoms with E-state index in [4.69, 9.17) is 14.2 Å². The number of hydrogen-bond donors (Lipinski definition) is 2. The summed E-state index contributed by atoms with van der Waals surface area (Å²) in [6.07, 6.45) is 0. The molecule has 0 aliphatic carbocycles. The lowest BCUT2D eigenvalue weighted by Gasteiger charge is -2.10. The Hall–Kier alpha value is -4.07. The first-order valence-electron chi connectivity index (χ1n) is 9.44. The Morgan fingerprint density at radius 3 is 1.87 bits per heavy atom. The van der Waals surface area contributed by atoms with Gasteiger partial charge in [0.15, 0.2) is 13.2 Å². The highest BCUT2D eigenvalue weighted by atomic mass is 19.1. The number of amides is 2. The second kappa shape index (κ2) is 11.2. The monoisotopic (exact) mass is 424 g/mol. The van der Waals surface area contributed by atoms with Gasteiger partial charge in [-0.2, -0.15) is 0 Å². The summed E-state index contributed by atoms with van der Waals surface area (Å²) >= 11 is 0. The van der Waals surface area contributed by atoms with E-state index in [1.165, 1.54) is 18.2 Å². The average Bonchev–Trinajstić information content (AvgIpc) is 2.80. The first kappa shape index (κ1) is 21.6. The molecular formula is C23H21FN2O5. The Balaban J connectivity index is 1.33. The fraction of sp³-hybridized carbons (Fsp3) is 0.130. The van der Waals surface area contributed by atoms with Crippen LogP contribution in [-0.4, -0.2) is 25.0 Å². The van der Waals surface area contributed by atoms with E-state index >= 15 is 0 Å². The van der Waals surface area contributed by atoms with Crippen molar-refractivity contribution in [3.63, 3.8) is 0 Å². The van der Waals surface area contributed by atoms with Crippen LogP contribution in [0.15, 0.2) is 78.9 Å². The Morgan fingerprint density at radius 2 is 1.26 bits per heavy atom. The maximum atomic E-state index is 13.0. The number of halogens is 1. The minimum atomic E-state index is -0.600. The third-order valence-corrected chi connectivity index (χ3v) is 3.95. The van der Waals surface area contributed by atoms with Gasteiger partial charge in [-0.25, -0.2) is 4.39 Å². The molecule has 0 radical (unpaired) electrons. The number of ether oxygens (including phenoxy) is 3. The number of benzene rings is 3. The van der Waals surface area contributed by atoms with Crippen LogP contribution >= 0.6 is 0 Å². The summed E-state index contributed by atoms with van der Waals surface area (Å²) in [6, 6.07) is 22.0. The fourth-order valence-electron chi connectivity index (χ4n) is 2.44. The Morgan fingerprint density at radius 1 is 0.677 bits per heavy atom. The summed E-state index contributed by atoms with van der Waals surface area (Å²) < 4.78 is 29.2. The molecular weight excluding hydrogens is 403 g/mol. The van der Waals surface area contributed by atoms with E-state index in [0.717, 1.165) is 11.6 Å². The molecule has 0 atom stereocenters.